The molecule has 0 spiro atoms. The molecule has 0 saturated heterocycles. The third kappa shape index (κ3) is 4.10. The lowest BCUT2D eigenvalue weighted by atomic mass is 9.98. The lowest BCUT2D eigenvalue weighted by Gasteiger charge is -2.25. The quantitative estimate of drug-likeness (QED) is 0.302. The van der Waals surface area contributed by atoms with E-state index in [1.807, 2.05) is 60.7 Å². The lowest BCUT2D eigenvalue weighted by Crippen LogP contribution is -2.30. The fourth-order valence-corrected chi connectivity index (χ4v) is 4.59. The number of hydrogen-bond donors (Lipinski definition) is 0. The average Bonchev–Trinajstić information content (AvgIpc) is 3.16. The normalized spacial score (nSPS) is 15.0. The van der Waals surface area contributed by atoms with Crippen LogP contribution in [0, 0.1) is 0 Å². The maximum Gasteiger partial charge on any atom is 0.290 e. The predicted octanol–water partition coefficient (Wildman–Crippen LogP) is 6.11. The Hall–Kier alpha value is -3.86. The van der Waals surface area contributed by atoms with Crippen LogP contribution in [0.15, 0.2) is 88.1 Å². The number of carbonyl (C=O) groups is 1. The third-order valence-corrected chi connectivity index (χ3v) is 6.30. The topological polar surface area (TPSA) is 59.8 Å². The number of para-hydroxylation sites is 1. The molecule has 0 aliphatic carbocycles. The molecule has 1 atom stereocenters. The number of ether oxygens (including phenoxy) is 1. The van der Waals surface area contributed by atoms with Gasteiger partial charge in [-0.2, -0.15) is 0 Å². The first kappa shape index (κ1) is 22.0. The van der Waals surface area contributed by atoms with Crippen LogP contribution in [0.1, 0.15) is 59.5 Å². The number of benzene rings is 3. The molecule has 2 heterocycles. The largest absolute Gasteiger partial charge is 0.489 e. The van der Waals surface area contributed by atoms with Gasteiger partial charge in [0, 0.05) is 6.54 Å². The number of nitrogens with zero attached hydrogens (tertiary/aromatic N) is 1. The van der Waals surface area contributed by atoms with Crippen molar-refractivity contribution in [3.63, 3.8) is 0 Å². The van der Waals surface area contributed by atoms with Crippen molar-refractivity contribution in [1.82, 2.24) is 4.90 Å². The van der Waals surface area contributed by atoms with Gasteiger partial charge in [-0.15, -0.1) is 0 Å². The second-order valence-electron chi connectivity index (χ2n) is 8.63. The van der Waals surface area contributed by atoms with Crippen molar-refractivity contribution in [2.45, 2.75) is 38.8 Å². The summed E-state index contributed by atoms with van der Waals surface area (Å²) in [4.78, 5) is 28.8. The number of rotatable bonds is 8. The Bertz CT molecular complexity index is 1380. The molecule has 172 valence electrons. The fourth-order valence-electron chi connectivity index (χ4n) is 4.59. The van der Waals surface area contributed by atoms with Crippen molar-refractivity contribution in [3.8, 4) is 5.75 Å². The molecule has 0 bridgehead atoms. The van der Waals surface area contributed by atoms with E-state index in [-0.39, 0.29) is 17.1 Å². The van der Waals surface area contributed by atoms with Gasteiger partial charge in [0.1, 0.15) is 17.9 Å². The lowest BCUT2D eigenvalue weighted by molar-refractivity contribution is 0.0724. The van der Waals surface area contributed by atoms with E-state index in [1.54, 1.807) is 23.1 Å². The van der Waals surface area contributed by atoms with Crippen LogP contribution in [0.5, 0.6) is 5.75 Å². The minimum Gasteiger partial charge on any atom is -0.489 e. The van der Waals surface area contributed by atoms with Gasteiger partial charge in [-0.3, -0.25) is 9.59 Å². The summed E-state index contributed by atoms with van der Waals surface area (Å²) in [6.07, 6.45) is 2.92. The molecule has 1 aliphatic rings. The van der Waals surface area contributed by atoms with Gasteiger partial charge in [0.25, 0.3) is 5.91 Å². The van der Waals surface area contributed by atoms with Crippen LogP contribution >= 0.6 is 0 Å². The van der Waals surface area contributed by atoms with E-state index < -0.39 is 6.04 Å². The summed E-state index contributed by atoms with van der Waals surface area (Å²) in [5.74, 6) is 0.622. The number of carbonyl (C=O) groups excluding carboxylic acids is 1. The molecule has 5 nitrogen and oxygen atoms in total. The van der Waals surface area contributed by atoms with Gasteiger partial charge in [0.15, 0.2) is 5.43 Å². The highest BCUT2D eigenvalue weighted by Gasteiger charge is 2.42. The Labute approximate surface area is 198 Å². The molecule has 1 aromatic heterocycles. The van der Waals surface area contributed by atoms with E-state index in [4.69, 9.17) is 9.15 Å². The van der Waals surface area contributed by atoms with Gasteiger partial charge in [0.2, 0.25) is 5.76 Å². The molecule has 5 heteroatoms. The van der Waals surface area contributed by atoms with Crippen LogP contribution in [-0.4, -0.2) is 17.4 Å². The molecule has 4 aromatic rings. The van der Waals surface area contributed by atoms with Crippen molar-refractivity contribution in [2.75, 3.05) is 6.54 Å². The summed E-state index contributed by atoms with van der Waals surface area (Å²) >= 11 is 0. The van der Waals surface area contributed by atoms with Crippen LogP contribution in [-0.2, 0) is 6.61 Å². The Morgan fingerprint density at radius 3 is 2.53 bits per heavy atom. The number of hydrogen-bond acceptors (Lipinski definition) is 4. The number of fused-ring (bicyclic) bond motifs is 2. The molecule has 3 aromatic carbocycles. The molecular formula is C29H27NO4. The Morgan fingerprint density at radius 1 is 0.912 bits per heavy atom. The zero-order valence-electron chi connectivity index (χ0n) is 19.2. The van der Waals surface area contributed by atoms with Gasteiger partial charge in [-0.25, -0.2) is 0 Å². The van der Waals surface area contributed by atoms with Gasteiger partial charge in [-0.1, -0.05) is 74.4 Å². The highest BCUT2D eigenvalue weighted by molar-refractivity contribution is 5.99. The summed E-state index contributed by atoms with van der Waals surface area (Å²) < 4.78 is 12.0. The highest BCUT2D eigenvalue weighted by Crippen LogP contribution is 2.39. The maximum absolute atomic E-state index is 13.6. The Morgan fingerprint density at radius 2 is 1.71 bits per heavy atom. The monoisotopic (exact) mass is 453 g/mol. The minimum atomic E-state index is -0.500. The molecule has 5 rings (SSSR count). The van der Waals surface area contributed by atoms with Crippen molar-refractivity contribution in [3.05, 3.63) is 112 Å². The first-order chi connectivity index (χ1) is 16.7. The van der Waals surface area contributed by atoms with E-state index >= 15 is 0 Å². The third-order valence-electron chi connectivity index (χ3n) is 6.30. The van der Waals surface area contributed by atoms with Crippen LogP contribution < -0.4 is 10.2 Å². The van der Waals surface area contributed by atoms with Gasteiger partial charge < -0.3 is 14.1 Å². The standard InChI is InChI=1S/C29H27NO4/c1-2-3-9-17-30-26(21-13-10-14-22(18-21)33-19-20-11-5-4-6-12-20)25-27(31)23-15-7-8-16-24(23)34-28(25)29(30)32/h4-8,10-16,18,26H,2-3,9,17,19H2,1H3. The van der Waals surface area contributed by atoms with E-state index in [9.17, 15) is 9.59 Å². The summed E-state index contributed by atoms with van der Waals surface area (Å²) in [6, 6.07) is 24.3. The molecule has 0 saturated carbocycles. The first-order valence-corrected chi connectivity index (χ1v) is 11.8. The summed E-state index contributed by atoms with van der Waals surface area (Å²) in [6.45, 7) is 3.13. The zero-order valence-corrected chi connectivity index (χ0v) is 19.2. The Kier molecular flexibility index (Phi) is 6.17. The van der Waals surface area contributed by atoms with Crippen molar-refractivity contribution in [2.24, 2.45) is 0 Å². The molecule has 1 amide bonds. The first-order valence-electron chi connectivity index (χ1n) is 11.8. The van der Waals surface area contributed by atoms with E-state index in [0.717, 1.165) is 30.4 Å². The minimum absolute atomic E-state index is 0.149. The van der Waals surface area contributed by atoms with Crippen LogP contribution in [0.2, 0.25) is 0 Å². The van der Waals surface area contributed by atoms with Gasteiger partial charge >= 0.3 is 0 Å². The van der Waals surface area contributed by atoms with Crippen LogP contribution in [0.3, 0.4) is 0 Å². The summed E-state index contributed by atoms with van der Waals surface area (Å²) in [5, 5.41) is 0.492. The molecule has 1 unspecified atom stereocenters. The molecule has 0 radical (unpaired) electrons. The molecule has 34 heavy (non-hydrogen) atoms. The van der Waals surface area contributed by atoms with E-state index in [0.29, 0.717) is 35.4 Å². The number of amides is 1. The molecule has 0 fully saturated rings. The van der Waals surface area contributed by atoms with E-state index in [1.165, 1.54) is 0 Å². The van der Waals surface area contributed by atoms with Crippen LogP contribution in [0.4, 0.5) is 0 Å². The smallest absolute Gasteiger partial charge is 0.290 e. The number of unbranched alkanes of at least 4 members (excludes halogenated alkanes) is 2. The zero-order chi connectivity index (χ0) is 23.5. The maximum atomic E-state index is 13.6. The van der Waals surface area contributed by atoms with E-state index in [2.05, 4.69) is 6.92 Å². The fraction of sp³-hybridized carbons (Fsp3) is 0.241. The summed E-state index contributed by atoms with van der Waals surface area (Å²) in [5.41, 5.74) is 2.62. The predicted molar refractivity (Wildman–Crippen MR) is 132 cm³/mol. The van der Waals surface area contributed by atoms with Crippen LogP contribution in [0.25, 0.3) is 11.0 Å². The second kappa shape index (κ2) is 9.56. The second-order valence-corrected chi connectivity index (χ2v) is 8.63. The SMILES string of the molecule is CCCCCN1C(=O)c2oc3ccccc3c(=O)c2C1c1cccc(OCc2ccccc2)c1. The average molecular weight is 454 g/mol. The van der Waals surface area contributed by atoms with Crippen molar-refractivity contribution in [1.29, 1.82) is 0 Å². The molecular weight excluding hydrogens is 426 g/mol. The van der Waals surface area contributed by atoms with Gasteiger partial charge in [-0.05, 0) is 41.8 Å². The Balaban J connectivity index is 1.55. The summed E-state index contributed by atoms with van der Waals surface area (Å²) in [7, 11) is 0. The van der Waals surface area contributed by atoms with Crippen molar-refractivity contribution >= 4 is 16.9 Å². The molecule has 0 N–H and O–H groups in total. The van der Waals surface area contributed by atoms with Gasteiger partial charge in [0.05, 0.1) is 17.0 Å². The molecule has 1 aliphatic heterocycles. The highest BCUT2D eigenvalue weighted by atomic mass is 16.5. The van der Waals surface area contributed by atoms with Crippen molar-refractivity contribution < 1.29 is 13.9 Å².